The molecule has 2 amide bonds. The van der Waals surface area contributed by atoms with E-state index in [4.69, 9.17) is 21.6 Å². The van der Waals surface area contributed by atoms with Gasteiger partial charge in [-0.3, -0.25) is 0 Å². The molecule has 0 atom stereocenters. The number of rotatable bonds is 7. The maximum absolute atomic E-state index is 11.5. The Hall–Kier alpha value is -2.87. The first kappa shape index (κ1) is 18.5. The molecular formula is C19H22ClN7O. The van der Waals surface area contributed by atoms with Crippen LogP contribution in [0.25, 0.3) is 16.7 Å². The summed E-state index contributed by atoms with van der Waals surface area (Å²) >= 11 is 6.14. The summed E-state index contributed by atoms with van der Waals surface area (Å²) in [5.74, 6) is 1.97. The number of urea groups is 1. The topological polar surface area (TPSA) is 96.8 Å². The Morgan fingerprint density at radius 1 is 1.25 bits per heavy atom. The van der Waals surface area contributed by atoms with Crippen LogP contribution >= 0.6 is 11.6 Å². The molecule has 0 radical (unpaired) electrons. The minimum atomic E-state index is -0.176. The van der Waals surface area contributed by atoms with Crippen molar-refractivity contribution >= 4 is 34.5 Å². The lowest BCUT2D eigenvalue weighted by Crippen LogP contribution is -2.37. The number of carbonyl (C=O) groups is 1. The molecule has 28 heavy (non-hydrogen) atoms. The second-order valence-corrected chi connectivity index (χ2v) is 7.13. The molecule has 0 aliphatic heterocycles. The lowest BCUT2D eigenvalue weighted by molar-refractivity contribution is 0.242. The van der Waals surface area contributed by atoms with Gasteiger partial charge in [0.1, 0.15) is 11.6 Å². The fraction of sp³-hybridized carbons (Fsp3) is 0.368. The van der Waals surface area contributed by atoms with Gasteiger partial charge in [-0.05, 0) is 38.0 Å². The van der Waals surface area contributed by atoms with Crippen molar-refractivity contribution in [1.82, 2.24) is 30.4 Å². The van der Waals surface area contributed by atoms with Crippen molar-refractivity contribution in [2.45, 2.75) is 25.7 Å². The highest BCUT2D eigenvalue weighted by molar-refractivity contribution is 6.30. The predicted molar refractivity (Wildman–Crippen MR) is 109 cm³/mol. The molecule has 0 bridgehead atoms. The standard InChI is InChI=1S/C19H22ClN7O/c1-2-21-19(28)23-9-8-22-17-15-11-24-27(14-5-3-4-13(20)10-14)18(15)26-16(25-17)12-6-7-12/h3-5,10-12H,2,6-9H2,1H3,(H2,21,23,28)(H,22,25,26). The maximum Gasteiger partial charge on any atom is 0.314 e. The molecule has 1 aromatic carbocycles. The van der Waals surface area contributed by atoms with Gasteiger partial charge in [-0.2, -0.15) is 5.10 Å². The summed E-state index contributed by atoms with van der Waals surface area (Å²) in [5.41, 5.74) is 1.60. The van der Waals surface area contributed by atoms with Crippen molar-refractivity contribution in [1.29, 1.82) is 0 Å². The minimum Gasteiger partial charge on any atom is -0.368 e. The number of anilines is 1. The third-order valence-electron chi connectivity index (χ3n) is 4.48. The van der Waals surface area contributed by atoms with Crippen LogP contribution in [0.2, 0.25) is 5.02 Å². The normalized spacial score (nSPS) is 13.5. The number of hydrogen-bond donors (Lipinski definition) is 3. The number of aromatic nitrogens is 4. The lowest BCUT2D eigenvalue weighted by Gasteiger charge is -2.10. The number of hydrogen-bond acceptors (Lipinski definition) is 5. The van der Waals surface area contributed by atoms with E-state index in [1.54, 1.807) is 10.9 Å². The van der Waals surface area contributed by atoms with E-state index in [1.807, 2.05) is 31.2 Å². The molecule has 146 valence electrons. The van der Waals surface area contributed by atoms with Gasteiger partial charge in [0.25, 0.3) is 0 Å². The van der Waals surface area contributed by atoms with E-state index in [-0.39, 0.29) is 6.03 Å². The van der Waals surface area contributed by atoms with E-state index >= 15 is 0 Å². The number of carbonyl (C=O) groups excluding carboxylic acids is 1. The van der Waals surface area contributed by atoms with Crippen LogP contribution in [0.5, 0.6) is 0 Å². The number of amides is 2. The molecule has 1 fully saturated rings. The summed E-state index contributed by atoms with van der Waals surface area (Å²) in [7, 11) is 0. The Kier molecular flexibility index (Phi) is 5.29. The summed E-state index contributed by atoms with van der Waals surface area (Å²) in [4.78, 5) is 21.0. The fourth-order valence-electron chi connectivity index (χ4n) is 2.96. The van der Waals surface area contributed by atoms with Crippen LogP contribution in [0.3, 0.4) is 0 Å². The van der Waals surface area contributed by atoms with Crippen molar-refractivity contribution in [2.24, 2.45) is 0 Å². The monoisotopic (exact) mass is 399 g/mol. The van der Waals surface area contributed by atoms with Gasteiger partial charge in [-0.25, -0.2) is 19.4 Å². The molecule has 8 nitrogen and oxygen atoms in total. The zero-order valence-electron chi connectivity index (χ0n) is 15.6. The smallest absolute Gasteiger partial charge is 0.314 e. The first-order chi connectivity index (χ1) is 13.7. The van der Waals surface area contributed by atoms with Gasteiger partial charge in [0.05, 0.1) is 17.3 Å². The predicted octanol–water partition coefficient (Wildman–Crippen LogP) is 3.08. The lowest BCUT2D eigenvalue weighted by atomic mass is 10.3. The van der Waals surface area contributed by atoms with Gasteiger partial charge < -0.3 is 16.0 Å². The summed E-state index contributed by atoms with van der Waals surface area (Å²) in [6.45, 7) is 3.51. The molecule has 1 aliphatic carbocycles. The summed E-state index contributed by atoms with van der Waals surface area (Å²) in [5, 5.41) is 14.8. The Morgan fingerprint density at radius 2 is 2.11 bits per heavy atom. The molecular weight excluding hydrogens is 378 g/mol. The zero-order valence-corrected chi connectivity index (χ0v) is 16.3. The SMILES string of the molecule is CCNC(=O)NCCNc1nc(C2CC2)nc2c1cnn2-c1cccc(Cl)c1. The fourth-order valence-corrected chi connectivity index (χ4v) is 3.15. The molecule has 0 spiro atoms. The van der Waals surface area contributed by atoms with Crippen LogP contribution in [0.4, 0.5) is 10.6 Å². The quantitative estimate of drug-likeness (QED) is 0.530. The van der Waals surface area contributed by atoms with Gasteiger partial charge in [0.15, 0.2) is 5.65 Å². The maximum atomic E-state index is 11.5. The first-order valence-electron chi connectivity index (χ1n) is 9.43. The van der Waals surface area contributed by atoms with Crippen molar-refractivity contribution < 1.29 is 4.79 Å². The average Bonchev–Trinajstić information content (AvgIpc) is 3.44. The van der Waals surface area contributed by atoms with E-state index < -0.39 is 0 Å². The minimum absolute atomic E-state index is 0.176. The van der Waals surface area contributed by atoms with Gasteiger partial charge >= 0.3 is 6.03 Å². The van der Waals surface area contributed by atoms with Crippen molar-refractivity contribution in [3.05, 3.63) is 41.3 Å². The van der Waals surface area contributed by atoms with Gasteiger partial charge in [0.2, 0.25) is 0 Å². The Balaban J connectivity index is 1.60. The number of nitrogens with zero attached hydrogens (tertiary/aromatic N) is 4. The van der Waals surface area contributed by atoms with Crippen molar-refractivity contribution in [3.63, 3.8) is 0 Å². The molecule has 2 aromatic heterocycles. The van der Waals surface area contributed by atoms with Crippen LogP contribution in [-0.2, 0) is 0 Å². The molecule has 0 saturated heterocycles. The zero-order chi connectivity index (χ0) is 19.5. The van der Waals surface area contributed by atoms with Crippen LogP contribution in [0.1, 0.15) is 31.5 Å². The van der Waals surface area contributed by atoms with E-state index in [1.165, 1.54) is 0 Å². The average molecular weight is 400 g/mol. The second kappa shape index (κ2) is 8.02. The Morgan fingerprint density at radius 3 is 2.86 bits per heavy atom. The highest BCUT2D eigenvalue weighted by Gasteiger charge is 2.28. The molecule has 4 rings (SSSR count). The number of nitrogens with one attached hydrogen (secondary N) is 3. The van der Waals surface area contributed by atoms with E-state index in [0.717, 1.165) is 41.2 Å². The van der Waals surface area contributed by atoms with Gasteiger partial charge in [0, 0.05) is 30.6 Å². The van der Waals surface area contributed by atoms with Crippen molar-refractivity contribution in [3.8, 4) is 5.69 Å². The molecule has 3 N–H and O–H groups in total. The van der Waals surface area contributed by atoms with Crippen LogP contribution < -0.4 is 16.0 Å². The van der Waals surface area contributed by atoms with E-state index in [2.05, 4.69) is 21.0 Å². The molecule has 2 heterocycles. The van der Waals surface area contributed by atoms with Crippen LogP contribution in [0, 0.1) is 0 Å². The molecule has 3 aromatic rings. The summed E-state index contributed by atoms with van der Waals surface area (Å²) in [6, 6.07) is 7.34. The summed E-state index contributed by atoms with van der Waals surface area (Å²) in [6.07, 6.45) is 3.97. The molecule has 0 unspecified atom stereocenters. The van der Waals surface area contributed by atoms with Gasteiger partial charge in [-0.1, -0.05) is 17.7 Å². The number of benzene rings is 1. The number of fused-ring (bicyclic) bond motifs is 1. The third kappa shape index (κ3) is 4.01. The molecule has 1 aliphatic rings. The summed E-state index contributed by atoms with van der Waals surface area (Å²) < 4.78 is 1.78. The van der Waals surface area contributed by atoms with E-state index in [9.17, 15) is 4.79 Å². The largest absolute Gasteiger partial charge is 0.368 e. The van der Waals surface area contributed by atoms with Crippen molar-refractivity contribution in [2.75, 3.05) is 25.0 Å². The second-order valence-electron chi connectivity index (χ2n) is 6.69. The van der Waals surface area contributed by atoms with E-state index in [0.29, 0.717) is 30.6 Å². The molecule has 9 heteroatoms. The van der Waals surface area contributed by atoms with Crippen LogP contribution in [-0.4, -0.2) is 45.4 Å². The third-order valence-corrected chi connectivity index (χ3v) is 4.72. The van der Waals surface area contributed by atoms with Gasteiger partial charge in [-0.15, -0.1) is 0 Å². The Labute approximate surface area is 167 Å². The number of halogens is 1. The molecule has 1 saturated carbocycles. The first-order valence-corrected chi connectivity index (χ1v) is 9.80. The highest BCUT2D eigenvalue weighted by atomic mass is 35.5. The highest BCUT2D eigenvalue weighted by Crippen LogP contribution is 2.39. The Bertz CT molecular complexity index is 999. The van der Waals surface area contributed by atoms with Crippen LogP contribution in [0.15, 0.2) is 30.5 Å².